The van der Waals surface area contributed by atoms with Gasteiger partial charge in [-0.3, -0.25) is 4.79 Å². The maximum atomic E-state index is 11.7. The van der Waals surface area contributed by atoms with E-state index < -0.39 is 0 Å². The van der Waals surface area contributed by atoms with Gasteiger partial charge in [-0.25, -0.2) is 0 Å². The van der Waals surface area contributed by atoms with Gasteiger partial charge in [-0.15, -0.1) is 0 Å². The molecule has 1 saturated carbocycles. The van der Waals surface area contributed by atoms with Crippen molar-refractivity contribution in [3.63, 3.8) is 0 Å². The van der Waals surface area contributed by atoms with Gasteiger partial charge in [-0.2, -0.15) is 0 Å². The topological polar surface area (TPSA) is 50.4 Å². The van der Waals surface area contributed by atoms with Crippen molar-refractivity contribution in [2.75, 3.05) is 33.4 Å². The van der Waals surface area contributed by atoms with Crippen LogP contribution in [0.2, 0.25) is 0 Å². The van der Waals surface area contributed by atoms with Crippen LogP contribution in [0.1, 0.15) is 25.7 Å². The molecular formula is C12H22N2O2. The Morgan fingerprint density at radius 3 is 2.69 bits per heavy atom. The minimum absolute atomic E-state index is 0.208. The van der Waals surface area contributed by atoms with E-state index in [9.17, 15) is 4.79 Å². The zero-order chi connectivity index (χ0) is 11.4. The number of hydrogen-bond donors (Lipinski definition) is 2. The van der Waals surface area contributed by atoms with Gasteiger partial charge in [0.25, 0.3) is 0 Å². The summed E-state index contributed by atoms with van der Waals surface area (Å²) in [5.74, 6) is 0.432. The first-order valence-corrected chi connectivity index (χ1v) is 6.23. The molecule has 92 valence electrons. The fourth-order valence-electron chi connectivity index (χ4n) is 2.40. The first-order chi connectivity index (χ1) is 7.76. The van der Waals surface area contributed by atoms with Crippen LogP contribution in [-0.4, -0.2) is 39.3 Å². The fraction of sp³-hybridized carbons (Fsp3) is 0.917. The van der Waals surface area contributed by atoms with Crippen molar-refractivity contribution in [3.05, 3.63) is 0 Å². The Balaban J connectivity index is 1.71. The van der Waals surface area contributed by atoms with Crippen LogP contribution in [0.3, 0.4) is 0 Å². The summed E-state index contributed by atoms with van der Waals surface area (Å²) < 4.78 is 5.14. The third kappa shape index (κ3) is 2.55. The lowest BCUT2D eigenvalue weighted by Crippen LogP contribution is -2.53. The van der Waals surface area contributed by atoms with Crippen LogP contribution < -0.4 is 10.6 Å². The van der Waals surface area contributed by atoms with Crippen LogP contribution in [-0.2, 0) is 9.53 Å². The quantitative estimate of drug-likeness (QED) is 0.694. The largest absolute Gasteiger partial charge is 0.385 e. The van der Waals surface area contributed by atoms with E-state index in [0.29, 0.717) is 5.41 Å². The second kappa shape index (κ2) is 5.15. The van der Waals surface area contributed by atoms with Gasteiger partial charge in [0.1, 0.15) is 0 Å². The highest BCUT2D eigenvalue weighted by molar-refractivity contribution is 5.80. The number of methoxy groups -OCH3 is 1. The van der Waals surface area contributed by atoms with E-state index in [1.807, 2.05) is 0 Å². The van der Waals surface area contributed by atoms with Crippen molar-refractivity contribution in [2.45, 2.75) is 25.7 Å². The number of nitrogens with one attached hydrogen (secondary N) is 2. The Morgan fingerprint density at radius 1 is 1.50 bits per heavy atom. The molecule has 0 unspecified atom stereocenters. The Bertz CT molecular complexity index is 247. The average molecular weight is 226 g/mol. The molecule has 0 aromatic carbocycles. The molecule has 0 spiro atoms. The summed E-state index contributed by atoms with van der Waals surface area (Å²) in [5, 5.41) is 6.22. The highest BCUT2D eigenvalue weighted by Crippen LogP contribution is 2.43. The molecule has 16 heavy (non-hydrogen) atoms. The van der Waals surface area contributed by atoms with Crippen LogP contribution in [0, 0.1) is 11.3 Å². The van der Waals surface area contributed by atoms with Gasteiger partial charge in [0.2, 0.25) is 5.91 Å². The number of hydrogen-bond acceptors (Lipinski definition) is 3. The van der Waals surface area contributed by atoms with Crippen molar-refractivity contribution < 1.29 is 9.53 Å². The van der Waals surface area contributed by atoms with Crippen molar-refractivity contribution in [1.82, 2.24) is 10.6 Å². The molecule has 0 aromatic heterocycles. The van der Waals surface area contributed by atoms with Crippen LogP contribution in [0.15, 0.2) is 0 Å². The summed E-state index contributed by atoms with van der Waals surface area (Å²) >= 11 is 0. The third-order valence-electron chi connectivity index (χ3n) is 4.04. The predicted octanol–water partition coefficient (Wildman–Crippen LogP) is 0.529. The van der Waals surface area contributed by atoms with Crippen LogP contribution in [0.5, 0.6) is 0 Å². The summed E-state index contributed by atoms with van der Waals surface area (Å²) in [7, 11) is 1.74. The molecule has 1 amide bonds. The van der Waals surface area contributed by atoms with E-state index in [2.05, 4.69) is 10.6 Å². The summed E-state index contributed by atoms with van der Waals surface area (Å²) in [6.45, 7) is 3.33. The van der Waals surface area contributed by atoms with Gasteiger partial charge in [0.05, 0.1) is 5.92 Å². The molecule has 0 radical (unpaired) electrons. The van der Waals surface area contributed by atoms with Crippen LogP contribution >= 0.6 is 0 Å². The standard InChI is InChI=1S/C12H22N2O2/c1-16-6-5-12(3-2-4-12)9-14-11(15)10-7-13-8-10/h10,13H,2-9H2,1H3,(H,14,15). The van der Waals surface area contributed by atoms with Crippen molar-refractivity contribution in [1.29, 1.82) is 0 Å². The lowest BCUT2D eigenvalue weighted by Gasteiger charge is -2.42. The number of amides is 1. The highest BCUT2D eigenvalue weighted by Gasteiger charge is 2.37. The summed E-state index contributed by atoms with van der Waals surface area (Å²) in [6.07, 6.45) is 4.84. The summed E-state index contributed by atoms with van der Waals surface area (Å²) in [5.41, 5.74) is 0.336. The number of rotatable bonds is 6. The first kappa shape index (κ1) is 11.9. The zero-order valence-corrected chi connectivity index (χ0v) is 10.1. The Labute approximate surface area is 97.1 Å². The van der Waals surface area contributed by atoms with Crippen LogP contribution in [0.4, 0.5) is 0 Å². The molecule has 0 bridgehead atoms. The van der Waals surface area contributed by atoms with Gasteiger partial charge in [-0.1, -0.05) is 6.42 Å². The lowest BCUT2D eigenvalue weighted by atomic mass is 9.66. The number of carbonyl (C=O) groups excluding carboxylic acids is 1. The monoisotopic (exact) mass is 226 g/mol. The van der Waals surface area contributed by atoms with Gasteiger partial charge in [0.15, 0.2) is 0 Å². The molecule has 2 rings (SSSR count). The van der Waals surface area contributed by atoms with E-state index in [1.54, 1.807) is 7.11 Å². The number of carbonyl (C=O) groups is 1. The summed E-state index contributed by atoms with van der Waals surface area (Å²) in [4.78, 5) is 11.7. The zero-order valence-electron chi connectivity index (χ0n) is 10.1. The minimum Gasteiger partial charge on any atom is -0.385 e. The highest BCUT2D eigenvalue weighted by atomic mass is 16.5. The summed E-state index contributed by atoms with van der Waals surface area (Å²) in [6, 6.07) is 0. The van der Waals surface area contributed by atoms with E-state index >= 15 is 0 Å². The Kier molecular flexibility index (Phi) is 3.82. The van der Waals surface area contributed by atoms with E-state index in [1.165, 1.54) is 19.3 Å². The predicted molar refractivity (Wildman–Crippen MR) is 62.1 cm³/mol. The van der Waals surface area contributed by atoms with Gasteiger partial charge in [0, 0.05) is 33.4 Å². The first-order valence-electron chi connectivity index (χ1n) is 6.23. The van der Waals surface area contributed by atoms with Crippen molar-refractivity contribution in [2.24, 2.45) is 11.3 Å². The molecule has 2 N–H and O–H groups in total. The smallest absolute Gasteiger partial charge is 0.225 e. The van der Waals surface area contributed by atoms with E-state index in [4.69, 9.17) is 4.74 Å². The Morgan fingerprint density at radius 2 is 2.25 bits per heavy atom. The molecule has 1 saturated heterocycles. The molecular weight excluding hydrogens is 204 g/mol. The second-order valence-corrected chi connectivity index (χ2v) is 5.17. The molecule has 1 heterocycles. The molecule has 2 aliphatic rings. The molecule has 0 aromatic rings. The Hall–Kier alpha value is -0.610. The normalized spacial score (nSPS) is 23.3. The van der Waals surface area contributed by atoms with Crippen molar-refractivity contribution >= 4 is 5.91 Å². The second-order valence-electron chi connectivity index (χ2n) is 5.17. The van der Waals surface area contributed by atoms with E-state index in [0.717, 1.165) is 32.7 Å². The van der Waals surface area contributed by atoms with Gasteiger partial charge in [-0.05, 0) is 24.7 Å². The fourth-order valence-corrected chi connectivity index (χ4v) is 2.40. The van der Waals surface area contributed by atoms with Crippen LogP contribution in [0.25, 0.3) is 0 Å². The lowest BCUT2D eigenvalue weighted by molar-refractivity contribution is -0.127. The molecule has 1 aliphatic heterocycles. The molecule has 1 aliphatic carbocycles. The maximum absolute atomic E-state index is 11.7. The van der Waals surface area contributed by atoms with Gasteiger partial charge < -0.3 is 15.4 Å². The molecule has 4 heteroatoms. The average Bonchev–Trinajstić information content (AvgIpc) is 2.13. The van der Waals surface area contributed by atoms with Gasteiger partial charge >= 0.3 is 0 Å². The maximum Gasteiger partial charge on any atom is 0.225 e. The SMILES string of the molecule is COCCC1(CNC(=O)C2CNC2)CCC1. The number of ether oxygens (including phenoxy) is 1. The molecule has 2 fully saturated rings. The van der Waals surface area contributed by atoms with E-state index in [-0.39, 0.29) is 11.8 Å². The molecule has 4 nitrogen and oxygen atoms in total. The molecule has 0 atom stereocenters. The minimum atomic E-state index is 0.208. The van der Waals surface area contributed by atoms with Crippen molar-refractivity contribution in [3.8, 4) is 0 Å². The third-order valence-corrected chi connectivity index (χ3v) is 4.04.